The number of aromatic nitrogens is 1. The van der Waals surface area contributed by atoms with Crippen LogP contribution in [0.2, 0.25) is 0 Å². The molecule has 0 aliphatic rings. The van der Waals surface area contributed by atoms with Crippen molar-refractivity contribution in [2.45, 2.75) is 32.5 Å². The van der Waals surface area contributed by atoms with E-state index in [0.717, 1.165) is 22.4 Å². The summed E-state index contributed by atoms with van der Waals surface area (Å²) in [5.41, 5.74) is 0.219. The van der Waals surface area contributed by atoms with Crippen molar-refractivity contribution in [2.24, 2.45) is 10.9 Å². The molecule has 0 saturated carbocycles. The third kappa shape index (κ3) is 8.77. The van der Waals surface area contributed by atoms with Gasteiger partial charge >= 0.3 is 6.18 Å². The predicted molar refractivity (Wildman–Crippen MR) is 124 cm³/mol. The van der Waals surface area contributed by atoms with Gasteiger partial charge in [-0.2, -0.15) is 13.2 Å². The van der Waals surface area contributed by atoms with Gasteiger partial charge in [-0.1, -0.05) is 32.0 Å². The number of anilines is 1. The Balaban J connectivity index is 0.00000420. The Kier molecular flexibility index (Phi) is 10.7. The first kappa shape index (κ1) is 25.5. The van der Waals surface area contributed by atoms with Crippen molar-refractivity contribution in [3.63, 3.8) is 0 Å². The fourth-order valence-electron chi connectivity index (χ4n) is 2.47. The molecule has 1 aromatic carbocycles. The number of hydrogen-bond acceptors (Lipinski definition) is 4. The van der Waals surface area contributed by atoms with Crippen molar-refractivity contribution in [1.82, 2.24) is 15.6 Å². The summed E-state index contributed by atoms with van der Waals surface area (Å²) in [7, 11) is 1.66. The van der Waals surface area contributed by atoms with Crippen molar-refractivity contribution in [3.05, 3.63) is 46.4 Å². The Hall–Kier alpha value is -1.56. The molecule has 1 aromatic heterocycles. The van der Waals surface area contributed by atoms with Crippen LogP contribution in [0.5, 0.6) is 0 Å². The van der Waals surface area contributed by atoms with Gasteiger partial charge in [0.2, 0.25) is 0 Å². The highest BCUT2D eigenvalue weighted by atomic mass is 127. The molecule has 0 aliphatic heterocycles. The molecule has 1 atom stereocenters. The highest BCUT2D eigenvalue weighted by Gasteiger charge is 2.33. The van der Waals surface area contributed by atoms with E-state index in [9.17, 15) is 13.2 Å². The number of nitrogens with one attached hydrogen (secondary N) is 3. The van der Waals surface area contributed by atoms with Gasteiger partial charge in [-0.15, -0.1) is 35.3 Å². The molecule has 0 spiro atoms. The molecule has 10 heteroatoms. The SMILES string of the molecule is CN=C(NCCc1nc(C(F)(F)F)cs1)NCC(Nc1ccccc1)C(C)C.I. The summed E-state index contributed by atoms with van der Waals surface area (Å²) in [4.78, 5) is 7.80. The van der Waals surface area contributed by atoms with Crippen LogP contribution in [0.25, 0.3) is 0 Å². The minimum atomic E-state index is -4.39. The summed E-state index contributed by atoms with van der Waals surface area (Å²) in [5, 5.41) is 11.4. The van der Waals surface area contributed by atoms with E-state index in [-0.39, 0.29) is 30.0 Å². The number of nitrogens with zero attached hydrogens (tertiary/aromatic N) is 2. The zero-order chi connectivity index (χ0) is 20.6. The van der Waals surface area contributed by atoms with Gasteiger partial charge in [0, 0.05) is 43.7 Å². The van der Waals surface area contributed by atoms with Crippen LogP contribution in [0.4, 0.5) is 18.9 Å². The van der Waals surface area contributed by atoms with Crippen LogP contribution in [-0.2, 0) is 12.6 Å². The van der Waals surface area contributed by atoms with Gasteiger partial charge in [0.15, 0.2) is 11.7 Å². The lowest BCUT2D eigenvalue weighted by atomic mass is 10.0. The van der Waals surface area contributed by atoms with Crippen LogP contribution >= 0.6 is 35.3 Å². The lowest BCUT2D eigenvalue weighted by molar-refractivity contribution is -0.140. The highest BCUT2D eigenvalue weighted by molar-refractivity contribution is 14.0. The molecule has 29 heavy (non-hydrogen) atoms. The van der Waals surface area contributed by atoms with Crippen molar-refractivity contribution in [2.75, 3.05) is 25.5 Å². The molecule has 0 aliphatic carbocycles. The first-order valence-electron chi connectivity index (χ1n) is 9.07. The third-order valence-electron chi connectivity index (χ3n) is 4.12. The fraction of sp³-hybridized carbons (Fsp3) is 0.474. The number of alkyl halides is 3. The van der Waals surface area contributed by atoms with Crippen molar-refractivity contribution in [3.8, 4) is 0 Å². The molecule has 0 amide bonds. The van der Waals surface area contributed by atoms with Gasteiger partial charge < -0.3 is 16.0 Å². The third-order valence-corrected chi connectivity index (χ3v) is 5.03. The number of thiazole rings is 1. The van der Waals surface area contributed by atoms with E-state index >= 15 is 0 Å². The molecule has 0 fully saturated rings. The zero-order valence-corrected chi connectivity index (χ0v) is 19.7. The van der Waals surface area contributed by atoms with E-state index < -0.39 is 11.9 Å². The second-order valence-corrected chi connectivity index (χ2v) is 7.56. The number of aliphatic imine (C=N–C) groups is 1. The molecule has 2 aromatic rings. The van der Waals surface area contributed by atoms with Crippen LogP contribution < -0.4 is 16.0 Å². The molecule has 3 N–H and O–H groups in total. The Labute approximate surface area is 190 Å². The summed E-state index contributed by atoms with van der Waals surface area (Å²) >= 11 is 1.02. The molecule has 0 radical (unpaired) electrons. The summed E-state index contributed by atoms with van der Waals surface area (Å²) in [5.74, 6) is 0.995. The molecule has 1 heterocycles. The van der Waals surface area contributed by atoms with Gasteiger partial charge in [0.1, 0.15) is 0 Å². The smallest absolute Gasteiger partial charge is 0.380 e. The Morgan fingerprint density at radius 2 is 1.86 bits per heavy atom. The van der Waals surface area contributed by atoms with E-state index in [1.807, 2.05) is 30.3 Å². The highest BCUT2D eigenvalue weighted by Crippen LogP contribution is 2.29. The number of rotatable bonds is 8. The monoisotopic (exact) mass is 541 g/mol. The number of para-hydroxylation sites is 1. The summed E-state index contributed by atoms with van der Waals surface area (Å²) in [6.45, 7) is 5.38. The maximum Gasteiger partial charge on any atom is 0.434 e. The largest absolute Gasteiger partial charge is 0.434 e. The van der Waals surface area contributed by atoms with Crippen molar-refractivity contribution in [1.29, 1.82) is 0 Å². The quantitative estimate of drug-likeness (QED) is 0.259. The summed E-state index contributed by atoms with van der Waals surface area (Å²) in [6, 6.07) is 10.2. The first-order valence-corrected chi connectivity index (χ1v) is 9.95. The van der Waals surface area contributed by atoms with Crippen LogP contribution in [0.1, 0.15) is 24.5 Å². The predicted octanol–water partition coefficient (Wildman–Crippen LogP) is 4.62. The Bertz CT molecular complexity index is 750. The van der Waals surface area contributed by atoms with E-state index in [1.165, 1.54) is 0 Å². The van der Waals surface area contributed by atoms with E-state index in [0.29, 0.717) is 36.4 Å². The normalized spacial score (nSPS) is 13.0. The van der Waals surface area contributed by atoms with Gasteiger partial charge in [-0.25, -0.2) is 4.98 Å². The van der Waals surface area contributed by atoms with Crippen LogP contribution in [-0.4, -0.2) is 37.1 Å². The Morgan fingerprint density at radius 3 is 2.41 bits per heavy atom. The molecule has 0 saturated heterocycles. The standard InChI is InChI=1S/C19H26F3N5S.HI/c1-13(2)15(26-14-7-5-4-6-8-14)11-25-18(23-3)24-10-9-17-27-16(12-28-17)19(20,21)22;/h4-8,12-13,15,26H,9-11H2,1-3H3,(H2,23,24,25);1H. The molecular formula is C19H27F3IN5S. The van der Waals surface area contributed by atoms with Crippen LogP contribution in [0, 0.1) is 5.92 Å². The molecule has 2 rings (SSSR count). The summed E-state index contributed by atoms with van der Waals surface area (Å²) < 4.78 is 37.8. The lowest BCUT2D eigenvalue weighted by Crippen LogP contribution is -2.45. The van der Waals surface area contributed by atoms with Crippen LogP contribution in [0.3, 0.4) is 0 Å². The van der Waals surface area contributed by atoms with Gasteiger partial charge in [0.05, 0.1) is 5.01 Å². The maximum absolute atomic E-state index is 12.6. The zero-order valence-electron chi connectivity index (χ0n) is 16.6. The number of halogens is 4. The molecule has 162 valence electrons. The minimum Gasteiger partial charge on any atom is -0.380 e. The van der Waals surface area contributed by atoms with Crippen molar-refractivity contribution < 1.29 is 13.2 Å². The van der Waals surface area contributed by atoms with Crippen LogP contribution in [0.15, 0.2) is 40.7 Å². The molecule has 0 bridgehead atoms. The van der Waals surface area contributed by atoms with E-state index in [2.05, 4.69) is 39.8 Å². The molecule has 5 nitrogen and oxygen atoms in total. The van der Waals surface area contributed by atoms with E-state index in [1.54, 1.807) is 7.05 Å². The summed E-state index contributed by atoms with van der Waals surface area (Å²) in [6.07, 6.45) is -3.99. The van der Waals surface area contributed by atoms with E-state index in [4.69, 9.17) is 0 Å². The molecular weight excluding hydrogens is 514 g/mol. The first-order chi connectivity index (χ1) is 13.3. The lowest BCUT2D eigenvalue weighted by Gasteiger charge is -2.25. The Morgan fingerprint density at radius 1 is 1.17 bits per heavy atom. The average molecular weight is 541 g/mol. The fourth-order valence-corrected chi connectivity index (χ4v) is 3.28. The van der Waals surface area contributed by atoms with Gasteiger partial charge in [-0.05, 0) is 18.1 Å². The second kappa shape index (κ2) is 12.2. The minimum absolute atomic E-state index is 0. The topological polar surface area (TPSA) is 61.3 Å². The molecule has 1 unspecified atom stereocenters. The number of guanidine groups is 1. The van der Waals surface area contributed by atoms with Gasteiger partial charge in [-0.3, -0.25) is 4.99 Å². The average Bonchev–Trinajstić information content (AvgIpc) is 3.13. The van der Waals surface area contributed by atoms with Crippen molar-refractivity contribution >= 4 is 47.0 Å². The second-order valence-electron chi connectivity index (χ2n) is 6.62. The number of benzene rings is 1. The number of hydrogen-bond donors (Lipinski definition) is 3. The van der Waals surface area contributed by atoms with Gasteiger partial charge in [0.25, 0.3) is 0 Å². The maximum atomic E-state index is 12.6.